The molecule has 0 fully saturated rings. The number of hydrogen-bond acceptors (Lipinski definition) is 6. The molecule has 12 heteroatoms. The predicted octanol–water partition coefficient (Wildman–Crippen LogP) is 4.51. The Kier molecular flexibility index (Phi) is 7.52. The first-order valence-electron chi connectivity index (χ1n) is 9.26. The number of esters is 1. The van der Waals surface area contributed by atoms with Crippen molar-refractivity contribution in [2.24, 2.45) is 0 Å². The van der Waals surface area contributed by atoms with Crippen LogP contribution in [0.3, 0.4) is 0 Å². The number of anilines is 2. The van der Waals surface area contributed by atoms with Gasteiger partial charge in [-0.2, -0.15) is 0 Å². The maximum absolute atomic E-state index is 13.0. The van der Waals surface area contributed by atoms with Gasteiger partial charge in [0.1, 0.15) is 5.82 Å². The van der Waals surface area contributed by atoms with E-state index >= 15 is 0 Å². The van der Waals surface area contributed by atoms with E-state index < -0.39 is 33.8 Å². The van der Waals surface area contributed by atoms with Gasteiger partial charge in [-0.1, -0.05) is 29.3 Å². The highest BCUT2D eigenvalue weighted by atomic mass is 35.5. The molecule has 1 heterocycles. The average molecular weight is 512 g/mol. The van der Waals surface area contributed by atoms with Gasteiger partial charge < -0.3 is 10.1 Å². The van der Waals surface area contributed by atoms with Crippen LogP contribution in [0.4, 0.5) is 15.9 Å². The molecule has 3 aromatic rings. The number of amides is 1. The molecule has 0 aliphatic rings. The number of nitrogens with zero attached hydrogens (tertiary/aromatic N) is 1. The summed E-state index contributed by atoms with van der Waals surface area (Å²) in [5, 5.41) is 2.79. The molecular formula is C21H16Cl2FN3O5S. The Bertz CT molecular complexity index is 1300. The minimum Gasteiger partial charge on any atom is -0.449 e. The number of pyridine rings is 1. The molecule has 1 aromatic heterocycles. The van der Waals surface area contributed by atoms with Crippen LogP contribution in [0, 0.1) is 5.82 Å². The summed E-state index contributed by atoms with van der Waals surface area (Å²) in [6, 6.07) is 11.1. The van der Waals surface area contributed by atoms with Gasteiger partial charge in [-0.05, 0) is 55.5 Å². The van der Waals surface area contributed by atoms with E-state index in [9.17, 15) is 22.4 Å². The normalized spacial score (nSPS) is 12.0. The zero-order chi connectivity index (χ0) is 24.2. The molecule has 0 aliphatic heterocycles. The van der Waals surface area contributed by atoms with E-state index in [1.165, 1.54) is 49.5 Å². The molecular weight excluding hydrogens is 496 g/mol. The topological polar surface area (TPSA) is 114 Å². The summed E-state index contributed by atoms with van der Waals surface area (Å²) in [5.74, 6) is -2.11. The molecule has 0 saturated carbocycles. The number of hydrogen-bond donors (Lipinski definition) is 2. The Hall–Kier alpha value is -3.21. The molecule has 0 aliphatic carbocycles. The first kappa shape index (κ1) is 24.4. The van der Waals surface area contributed by atoms with Crippen molar-refractivity contribution < 1.29 is 27.1 Å². The van der Waals surface area contributed by atoms with E-state index in [2.05, 4.69) is 15.0 Å². The minimum absolute atomic E-state index is 0.0360. The van der Waals surface area contributed by atoms with Gasteiger partial charge >= 0.3 is 5.97 Å². The fourth-order valence-electron chi connectivity index (χ4n) is 2.53. The Morgan fingerprint density at radius 1 is 1.09 bits per heavy atom. The number of benzene rings is 2. The lowest BCUT2D eigenvalue weighted by atomic mass is 10.2. The zero-order valence-corrected chi connectivity index (χ0v) is 19.2. The van der Waals surface area contributed by atoms with Crippen molar-refractivity contribution in [3.05, 3.63) is 82.2 Å². The molecule has 1 atom stereocenters. The Balaban J connectivity index is 1.69. The van der Waals surface area contributed by atoms with Crippen LogP contribution < -0.4 is 10.0 Å². The number of rotatable bonds is 7. The van der Waals surface area contributed by atoms with Crippen LogP contribution in [0.5, 0.6) is 0 Å². The van der Waals surface area contributed by atoms with Gasteiger partial charge in [0.25, 0.3) is 15.9 Å². The van der Waals surface area contributed by atoms with Crippen LogP contribution in [-0.2, 0) is 19.6 Å². The zero-order valence-electron chi connectivity index (χ0n) is 16.9. The van der Waals surface area contributed by atoms with Gasteiger partial charge in [0, 0.05) is 11.9 Å². The van der Waals surface area contributed by atoms with E-state index in [-0.39, 0.29) is 32.0 Å². The Morgan fingerprint density at radius 2 is 1.79 bits per heavy atom. The van der Waals surface area contributed by atoms with E-state index in [0.29, 0.717) is 0 Å². The molecule has 33 heavy (non-hydrogen) atoms. The number of aromatic nitrogens is 1. The summed E-state index contributed by atoms with van der Waals surface area (Å²) < 4.78 is 45.6. The summed E-state index contributed by atoms with van der Waals surface area (Å²) in [6.07, 6.45) is 0.0367. The van der Waals surface area contributed by atoms with Crippen molar-refractivity contribution in [2.75, 3.05) is 10.0 Å². The number of nitrogens with one attached hydrogen (secondary N) is 2. The third kappa shape index (κ3) is 6.41. The summed E-state index contributed by atoms with van der Waals surface area (Å²) in [4.78, 5) is 28.5. The highest BCUT2D eigenvalue weighted by Crippen LogP contribution is 2.23. The van der Waals surface area contributed by atoms with Crippen LogP contribution >= 0.6 is 23.2 Å². The van der Waals surface area contributed by atoms with Gasteiger partial charge in [-0.3, -0.25) is 9.52 Å². The second-order valence-corrected chi connectivity index (χ2v) is 9.19. The largest absolute Gasteiger partial charge is 0.449 e. The first-order chi connectivity index (χ1) is 15.5. The van der Waals surface area contributed by atoms with Crippen LogP contribution in [0.2, 0.25) is 10.0 Å². The van der Waals surface area contributed by atoms with Crippen molar-refractivity contribution in [2.45, 2.75) is 17.9 Å². The Morgan fingerprint density at radius 3 is 2.45 bits per heavy atom. The standard InChI is InChI=1S/C21H16Cl2FN3O5S/c1-12(20(28)26-19-18(23)10-14(22)11-25-19)32-21(29)13-3-2-4-17(9-13)33(30,31)27-16-7-5-15(24)6-8-16/h2-12,27H,1H3,(H,25,26,28)/t12-/m0/s1. The summed E-state index contributed by atoms with van der Waals surface area (Å²) in [5.41, 5.74) is 0.0448. The van der Waals surface area contributed by atoms with Gasteiger partial charge in [-0.15, -0.1) is 0 Å². The molecule has 0 saturated heterocycles. The van der Waals surface area contributed by atoms with E-state index in [1.54, 1.807) is 0 Å². The number of sulfonamides is 1. The third-order valence-electron chi connectivity index (χ3n) is 4.18. The molecule has 2 N–H and O–H groups in total. The highest BCUT2D eigenvalue weighted by molar-refractivity contribution is 7.92. The fraction of sp³-hybridized carbons (Fsp3) is 0.0952. The molecule has 0 radical (unpaired) electrons. The molecule has 3 rings (SSSR count). The van der Waals surface area contributed by atoms with Crippen molar-refractivity contribution in [1.82, 2.24) is 4.98 Å². The summed E-state index contributed by atoms with van der Waals surface area (Å²) in [7, 11) is -4.07. The van der Waals surface area contributed by atoms with Crippen molar-refractivity contribution >= 4 is 56.6 Å². The SMILES string of the molecule is C[C@H](OC(=O)c1cccc(S(=O)(=O)Nc2ccc(F)cc2)c1)C(=O)Nc1ncc(Cl)cc1Cl. The van der Waals surface area contributed by atoms with Crippen molar-refractivity contribution in [3.63, 3.8) is 0 Å². The predicted molar refractivity (Wildman–Crippen MR) is 121 cm³/mol. The van der Waals surface area contributed by atoms with Gasteiger partial charge in [0.05, 0.1) is 20.5 Å². The smallest absolute Gasteiger partial charge is 0.338 e. The van der Waals surface area contributed by atoms with E-state index in [0.717, 1.165) is 18.2 Å². The number of carbonyl (C=O) groups excluding carboxylic acids is 2. The number of carbonyl (C=O) groups is 2. The minimum atomic E-state index is -4.07. The highest BCUT2D eigenvalue weighted by Gasteiger charge is 2.22. The van der Waals surface area contributed by atoms with Crippen LogP contribution in [0.15, 0.2) is 65.7 Å². The molecule has 0 unspecified atom stereocenters. The molecule has 0 spiro atoms. The maximum Gasteiger partial charge on any atom is 0.338 e. The monoisotopic (exact) mass is 511 g/mol. The van der Waals surface area contributed by atoms with Crippen molar-refractivity contribution in [3.8, 4) is 0 Å². The molecule has 1 amide bonds. The number of halogens is 3. The number of ether oxygens (including phenoxy) is 1. The lowest BCUT2D eigenvalue weighted by molar-refractivity contribution is -0.123. The van der Waals surface area contributed by atoms with E-state index in [4.69, 9.17) is 27.9 Å². The van der Waals surface area contributed by atoms with Gasteiger partial charge in [-0.25, -0.2) is 22.6 Å². The van der Waals surface area contributed by atoms with Crippen LogP contribution in [0.1, 0.15) is 17.3 Å². The Labute approximate surface area is 198 Å². The van der Waals surface area contributed by atoms with Crippen molar-refractivity contribution in [1.29, 1.82) is 0 Å². The lowest BCUT2D eigenvalue weighted by Gasteiger charge is -2.14. The summed E-state index contributed by atoms with van der Waals surface area (Å²) >= 11 is 11.7. The molecule has 0 bridgehead atoms. The van der Waals surface area contributed by atoms with Crippen LogP contribution in [0.25, 0.3) is 0 Å². The third-order valence-corrected chi connectivity index (χ3v) is 6.05. The molecule has 8 nitrogen and oxygen atoms in total. The maximum atomic E-state index is 13.0. The second kappa shape index (κ2) is 10.2. The molecule has 172 valence electrons. The lowest BCUT2D eigenvalue weighted by Crippen LogP contribution is -2.30. The summed E-state index contributed by atoms with van der Waals surface area (Å²) in [6.45, 7) is 1.33. The van der Waals surface area contributed by atoms with Gasteiger partial charge in [0.15, 0.2) is 11.9 Å². The average Bonchev–Trinajstić information content (AvgIpc) is 2.77. The fourth-order valence-corrected chi connectivity index (χ4v) is 4.06. The molecule has 2 aromatic carbocycles. The van der Waals surface area contributed by atoms with Crippen LogP contribution in [-0.4, -0.2) is 31.4 Å². The van der Waals surface area contributed by atoms with Gasteiger partial charge in [0.2, 0.25) is 0 Å². The quantitative estimate of drug-likeness (QED) is 0.451. The van der Waals surface area contributed by atoms with E-state index in [1.807, 2.05) is 0 Å². The first-order valence-corrected chi connectivity index (χ1v) is 11.5. The second-order valence-electron chi connectivity index (χ2n) is 6.66.